The third-order valence-electron chi connectivity index (χ3n) is 2.37. The molecule has 0 saturated carbocycles. The van der Waals surface area contributed by atoms with E-state index in [0.717, 1.165) is 5.56 Å². The minimum absolute atomic E-state index is 0.0901. The van der Waals surface area contributed by atoms with Gasteiger partial charge in [0.25, 0.3) is 0 Å². The van der Waals surface area contributed by atoms with Crippen molar-refractivity contribution < 1.29 is 4.74 Å². The van der Waals surface area contributed by atoms with Crippen molar-refractivity contribution >= 4 is 17.4 Å². The molecule has 0 radical (unpaired) electrons. The summed E-state index contributed by atoms with van der Waals surface area (Å²) in [5.41, 5.74) is 6.69. The summed E-state index contributed by atoms with van der Waals surface area (Å²) in [7, 11) is 0. The SMILES string of the molecule is Cc1cc(Oc2ccnc(C(=N)N)c2)ccc1Cl. The topological polar surface area (TPSA) is 72.0 Å². The van der Waals surface area contributed by atoms with Crippen molar-refractivity contribution in [2.45, 2.75) is 6.92 Å². The third kappa shape index (κ3) is 2.78. The molecule has 0 aliphatic heterocycles. The van der Waals surface area contributed by atoms with E-state index in [1.807, 2.05) is 13.0 Å². The Balaban J connectivity index is 2.25. The van der Waals surface area contributed by atoms with Crippen LogP contribution < -0.4 is 10.5 Å². The van der Waals surface area contributed by atoms with Crippen LogP contribution in [0, 0.1) is 12.3 Å². The van der Waals surface area contributed by atoms with Crippen LogP contribution in [0.1, 0.15) is 11.3 Å². The second-order valence-electron chi connectivity index (χ2n) is 3.80. The Morgan fingerprint density at radius 3 is 2.67 bits per heavy atom. The molecular formula is C13H12ClN3O. The molecule has 0 atom stereocenters. The fourth-order valence-electron chi connectivity index (χ4n) is 1.44. The van der Waals surface area contributed by atoms with Gasteiger partial charge in [-0.15, -0.1) is 0 Å². The first kappa shape index (κ1) is 12.4. The van der Waals surface area contributed by atoms with Crippen LogP contribution in [0.2, 0.25) is 5.02 Å². The first-order valence-corrected chi connectivity index (χ1v) is 5.68. The largest absolute Gasteiger partial charge is 0.457 e. The van der Waals surface area contributed by atoms with Crippen molar-refractivity contribution in [2.24, 2.45) is 5.73 Å². The van der Waals surface area contributed by atoms with E-state index in [2.05, 4.69) is 4.98 Å². The van der Waals surface area contributed by atoms with Crippen LogP contribution in [0.15, 0.2) is 36.5 Å². The van der Waals surface area contributed by atoms with Crippen LogP contribution in [0.3, 0.4) is 0 Å². The molecule has 0 fully saturated rings. The number of nitrogens with one attached hydrogen (secondary N) is 1. The highest BCUT2D eigenvalue weighted by Crippen LogP contribution is 2.25. The van der Waals surface area contributed by atoms with E-state index in [1.54, 1.807) is 30.5 Å². The fourth-order valence-corrected chi connectivity index (χ4v) is 1.56. The van der Waals surface area contributed by atoms with E-state index in [-0.39, 0.29) is 5.84 Å². The van der Waals surface area contributed by atoms with E-state index in [1.165, 1.54) is 0 Å². The van der Waals surface area contributed by atoms with Gasteiger partial charge in [-0.1, -0.05) is 11.6 Å². The van der Waals surface area contributed by atoms with Crippen molar-refractivity contribution in [3.05, 3.63) is 52.8 Å². The molecule has 92 valence electrons. The van der Waals surface area contributed by atoms with Gasteiger partial charge >= 0.3 is 0 Å². The van der Waals surface area contributed by atoms with Gasteiger partial charge in [0.2, 0.25) is 0 Å². The summed E-state index contributed by atoms with van der Waals surface area (Å²) in [6.45, 7) is 1.91. The summed E-state index contributed by atoms with van der Waals surface area (Å²) >= 11 is 5.94. The second kappa shape index (κ2) is 5.06. The molecule has 1 heterocycles. The number of nitrogen functional groups attached to an aromatic ring is 1. The zero-order valence-electron chi connectivity index (χ0n) is 9.77. The van der Waals surface area contributed by atoms with Crippen LogP contribution in [-0.4, -0.2) is 10.8 Å². The lowest BCUT2D eigenvalue weighted by molar-refractivity contribution is 0.481. The third-order valence-corrected chi connectivity index (χ3v) is 2.80. The van der Waals surface area contributed by atoms with Gasteiger partial charge in [-0.3, -0.25) is 10.4 Å². The van der Waals surface area contributed by atoms with Crippen molar-refractivity contribution in [3.63, 3.8) is 0 Å². The number of nitrogens with two attached hydrogens (primary N) is 1. The Bertz CT molecular complexity index is 599. The lowest BCUT2D eigenvalue weighted by Gasteiger charge is -2.08. The number of pyridine rings is 1. The number of ether oxygens (including phenoxy) is 1. The molecule has 1 aromatic heterocycles. The van der Waals surface area contributed by atoms with Gasteiger partial charge in [0, 0.05) is 17.3 Å². The standard InChI is InChI=1S/C13H12ClN3O/c1-8-6-9(2-3-11(8)14)18-10-4-5-17-12(7-10)13(15)16/h2-7H,1H3,(H3,15,16). The number of halogens is 1. The Kier molecular flexibility index (Phi) is 3.48. The number of hydrogen-bond donors (Lipinski definition) is 2. The number of amidine groups is 1. The summed E-state index contributed by atoms with van der Waals surface area (Å²) in [4.78, 5) is 3.96. The average molecular weight is 262 g/mol. The van der Waals surface area contributed by atoms with Crippen LogP contribution >= 0.6 is 11.6 Å². The summed E-state index contributed by atoms with van der Waals surface area (Å²) in [5, 5.41) is 8.01. The van der Waals surface area contributed by atoms with Crippen LogP contribution in [0.25, 0.3) is 0 Å². The van der Waals surface area contributed by atoms with Gasteiger partial charge < -0.3 is 10.5 Å². The molecule has 5 heteroatoms. The van der Waals surface area contributed by atoms with E-state index in [9.17, 15) is 0 Å². The van der Waals surface area contributed by atoms with Crippen LogP contribution in [0.5, 0.6) is 11.5 Å². The molecule has 2 aromatic rings. The predicted molar refractivity (Wildman–Crippen MR) is 71.5 cm³/mol. The molecule has 0 saturated heterocycles. The maximum Gasteiger partial charge on any atom is 0.141 e. The molecule has 3 N–H and O–H groups in total. The summed E-state index contributed by atoms with van der Waals surface area (Å²) in [5.74, 6) is 1.17. The van der Waals surface area contributed by atoms with Crippen molar-refractivity contribution in [1.82, 2.24) is 4.98 Å². The molecule has 0 spiro atoms. The van der Waals surface area contributed by atoms with Crippen molar-refractivity contribution in [1.29, 1.82) is 5.41 Å². The Labute approximate surface area is 110 Å². The molecule has 0 unspecified atom stereocenters. The van der Waals surface area contributed by atoms with Crippen molar-refractivity contribution in [3.8, 4) is 11.5 Å². The Morgan fingerprint density at radius 2 is 2.00 bits per heavy atom. The van der Waals surface area contributed by atoms with Gasteiger partial charge in [-0.2, -0.15) is 0 Å². The molecule has 0 bridgehead atoms. The van der Waals surface area contributed by atoms with E-state index in [4.69, 9.17) is 27.5 Å². The van der Waals surface area contributed by atoms with E-state index >= 15 is 0 Å². The molecule has 0 aliphatic carbocycles. The van der Waals surface area contributed by atoms with Gasteiger partial charge in [-0.05, 0) is 36.8 Å². The molecular weight excluding hydrogens is 250 g/mol. The molecule has 0 amide bonds. The minimum atomic E-state index is -0.0901. The normalized spacial score (nSPS) is 10.1. The molecule has 2 rings (SSSR count). The van der Waals surface area contributed by atoms with Crippen LogP contribution in [0.4, 0.5) is 0 Å². The van der Waals surface area contributed by atoms with Gasteiger partial charge in [0.05, 0.1) is 0 Å². The highest BCUT2D eigenvalue weighted by molar-refractivity contribution is 6.31. The maximum absolute atomic E-state index is 7.32. The monoisotopic (exact) mass is 261 g/mol. The average Bonchev–Trinajstić information content (AvgIpc) is 2.34. The minimum Gasteiger partial charge on any atom is -0.457 e. The quantitative estimate of drug-likeness (QED) is 0.659. The zero-order valence-corrected chi connectivity index (χ0v) is 10.5. The maximum atomic E-state index is 7.32. The Morgan fingerprint density at radius 1 is 1.28 bits per heavy atom. The second-order valence-corrected chi connectivity index (χ2v) is 4.21. The number of nitrogens with zero attached hydrogens (tertiary/aromatic N) is 1. The lowest BCUT2D eigenvalue weighted by atomic mass is 10.2. The number of hydrogen-bond acceptors (Lipinski definition) is 3. The smallest absolute Gasteiger partial charge is 0.141 e. The molecule has 18 heavy (non-hydrogen) atoms. The summed E-state index contributed by atoms with van der Waals surface area (Å²) in [6.07, 6.45) is 1.55. The highest BCUT2D eigenvalue weighted by atomic mass is 35.5. The van der Waals surface area contributed by atoms with E-state index in [0.29, 0.717) is 22.2 Å². The van der Waals surface area contributed by atoms with Gasteiger partial charge in [-0.25, -0.2) is 0 Å². The number of aromatic nitrogens is 1. The molecule has 0 aliphatic rings. The molecule has 4 nitrogen and oxygen atoms in total. The first-order chi connectivity index (χ1) is 8.56. The Hall–Kier alpha value is -2.07. The zero-order chi connectivity index (χ0) is 13.1. The number of benzene rings is 1. The summed E-state index contributed by atoms with van der Waals surface area (Å²) in [6, 6.07) is 8.72. The highest BCUT2D eigenvalue weighted by Gasteiger charge is 2.03. The van der Waals surface area contributed by atoms with Crippen LogP contribution in [-0.2, 0) is 0 Å². The summed E-state index contributed by atoms with van der Waals surface area (Å²) < 4.78 is 5.65. The number of rotatable bonds is 3. The van der Waals surface area contributed by atoms with Gasteiger partial charge in [0.1, 0.15) is 23.0 Å². The first-order valence-electron chi connectivity index (χ1n) is 5.31. The number of aryl methyl sites for hydroxylation is 1. The fraction of sp³-hybridized carbons (Fsp3) is 0.0769. The van der Waals surface area contributed by atoms with E-state index < -0.39 is 0 Å². The van der Waals surface area contributed by atoms with Gasteiger partial charge in [0.15, 0.2) is 0 Å². The lowest BCUT2D eigenvalue weighted by Crippen LogP contribution is -2.12. The van der Waals surface area contributed by atoms with Crippen molar-refractivity contribution in [2.75, 3.05) is 0 Å². The predicted octanol–water partition coefficient (Wildman–Crippen LogP) is 3.12. The molecule has 1 aromatic carbocycles.